The molecule has 0 fully saturated rings. The van der Waals surface area contributed by atoms with Crippen LogP contribution in [0.3, 0.4) is 0 Å². The van der Waals surface area contributed by atoms with Crippen LogP contribution in [0.25, 0.3) is 5.57 Å². The Morgan fingerprint density at radius 1 is 1.47 bits per heavy atom. The molecule has 0 heterocycles. The summed E-state index contributed by atoms with van der Waals surface area (Å²) in [4.78, 5) is 10.5. The molecule has 1 aromatic rings. The topological polar surface area (TPSA) is 37.3 Å². The highest BCUT2D eigenvalue weighted by Gasteiger charge is 2.15. The van der Waals surface area contributed by atoms with Crippen molar-refractivity contribution in [2.45, 2.75) is 26.2 Å². The van der Waals surface area contributed by atoms with E-state index in [4.69, 9.17) is 5.11 Å². The molecule has 0 atom stereocenters. The minimum atomic E-state index is -0.725. The Bertz CT molecular complexity index is 430. The molecule has 15 heavy (non-hydrogen) atoms. The molecule has 0 spiro atoms. The van der Waals surface area contributed by atoms with E-state index in [2.05, 4.69) is 25.1 Å². The van der Waals surface area contributed by atoms with Crippen molar-refractivity contribution in [3.63, 3.8) is 0 Å². The van der Waals surface area contributed by atoms with E-state index in [-0.39, 0.29) is 6.42 Å². The van der Waals surface area contributed by atoms with E-state index in [1.807, 2.05) is 6.07 Å². The van der Waals surface area contributed by atoms with E-state index in [1.165, 1.54) is 22.3 Å². The molecule has 0 saturated heterocycles. The first kappa shape index (κ1) is 9.97. The molecule has 0 amide bonds. The maximum absolute atomic E-state index is 10.5. The predicted octanol–water partition coefficient (Wildman–Crippen LogP) is 2.80. The number of fused-ring (bicyclic) bond motifs is 1. The number of aliphatic carboxylic acids is 1. The summed E-state index contributed by atoms with van der Waals surface area (Å²) in [5.41, 5.74) is 5.10. The average molecular weight is 202 g/mol. The molecule has 2 heteroatoms. The van der Waals surface area contributed by atoms with Crippen LogP contribution in [0.4, 0.5) is 0 Å². The Kier molecular flexibility index (Phi) is 2.58. The maximum atomic E-state index is 10.5. The summed E-state index contributed by atoms with van der Waals surface area (Å²) in [6, 6.07) is 6.23. The Morgan fingerprint density at radius 3 is 3.00 bits per heavy atom. The lowest BCUT2D eigenvalue weighted by atomic mass is 9.99. The van der Waals surface area contributed by atoms with E-state index in [9.17, 15) is 4.79 Å². The number of carboxylic acids is 1. The van der Waals surface area contributed by atoms with Crippen LogP contribution in [0, 0.1) is 6.92 Å². The van der Waals surface area contributed by atoms with Crippen LogP contribution < -0.4 is 0 Å². The molecular formula is C13H14O2. The Morgan fingerprint density at radius 2 is 2.27 bits per heavy atom. The zero-order valence-corrected chi connectivity index (χ0v) is 8.79. The molecule has 0 aromatic heterocycles. The first-order valence-electron chi connectivity index (χ1n) is 5.18. The van der Waals surface area contributed by atoms with Crippen LogP contribution >= 0.6 is 0 Å². The van der Waals surface area contributed by atoms with Crippen LogP contribution in [-0.2, 0) is 11.2 Å². The summed E-state index contributed by atoms with van der Waals surface area (Å²) in [6.07, 6.45) is 3.97. The molecule has 1 aliphatic rings. The highest BCUT2D eigenvalue weighted by Crippen LogP contribution is 2.32. The number of hydrogen-bond acceptors (Lipinski definition) is 1. The van der Waals surface area contributed by atoms with Crippen molar-refractivity contribution in [2.24, 2.45) is 0 Å². The van der Waals surface area contributed by atoms with Gasteiger partial charge >= 0.3 is 5.97 Å². The highest BCUT2D eigenvalue weighted by molar-refractivity contribution is 5.77. The molecule has 1 aliphatic carbocycles. The molecule has 2 nitrogen and oxygen atoms in total. The van der Waals surface area contributed by atoms with Gasteiger partial charge in [-0.25, -0.2) is 0 Å². The van der Waals surface area contributed by atoms with Gasteiger partial charge in [0.05, 0.1) is 0 Å². The van der Waals surface area contributed by atoms with Gasteiger partial charge < -0.3 is 5.11 Å². The molecule has 0 radical (unpaired) electrons. The van der Waals surface area contributed by atoms with Gasteiger partial charge in [0, 0.05) is 6.42 Å². The van der Waals surface area contributed by atoms with E-state index < -0.39 is 5.97 Å². The van der Waals surface area contributed by atoms with Gasteiger partial charge in [-0.1, -0.05) is 24.3 Å². The number of benzene rings is 1. The number of hydrogen-bond donors (Lipinski definition) is 1. The van der Waals surface area contributed by atoms with Gasteiger partial charge in [0.1, 0.15) is 0 Å². The van der Waals surface area contributed by atoms with Gasteiger partial charge in [-0.15, -0.1) is 0 Å². The van der Waals surface area contributed by atoms with E-state index in [0.717, 1.165) is 6.42 Å². The fourth-order valence-electron chi connectivity index (χ4n) is 2.09. The van der Waals surface area contributed by atoms with E-state index >= 15 is 0 Å². The summed E-state index contributed by atoms with van der Waals surface area (Å²) in [7, 11) is 0. The van der Waals surface area contributed by atoms with Crippen molar-refractivity contribution >= 4 is 11.5 Å². The van der Waals surface area contributed by atoms with E-state index in [1.54, 1.807) is 0 Å². The second-order valence-corrected chi connectivity index (χ2v) is 3.93. The SMILES string of the molecule is Cc1cccc2c1CC=C2CCC(=O)O. The van der Waals surface area contributed by atoms with Gasteiger partial charge in [0.15, 0.2) is 0 Å². The highest BCUT2D eigenvalue weighted by atomic mass is 16.4. The number of rotatable bonds is 3. The van der Waals surface area contributed by atoms with Crippen molar-refractivity contribution in [3.8, 4) is 0 Å². The third-order valence-corrected chi connectivity index (χ3v) is 2.92. The second kappa shape index (κ2) is 3.89. The molecule has 78 valence electrons. The second-order valence-electron chi connectivity index (χ2n) is 3.93. The summed E-state index contributed by atoms with van der Waals surface area (Å²) < 4.78 is 0. The molecule has 1 aromatic carbocycles. The Labute approximate surface area is 89.2 Å². The third-order valence-electron chi connectivity index (χ3n) is 2.92. The van der Waals surface area contributed by atoms with Crippen LogP contribution in [0.2, 0.25) is 0 Å². The lowest BCUT2D eigenvalue weighted by Gasteiger charge is -2.06. The van der Waals surface area contributed by atoms with Gasteiger partial charge in [0.2, 0.25) is 0 Å². The number of carboxylic acid groups (broad SMARTS) is 1. The lowest BCUT2D eigenvalue weighted by Crippen LogP contribution is -1.95. The predicted molar refractivity (Wildman–Crippen MR) is 59.7 cm³/mol. The van der Waals surface area contributed by atoms with Gasteiger partial charge in [-0.2, -0.15) is 0 Å². The Hall–Kier alpha value is -1.57. The third kappa shape index (κ3) is 1.94. The average Bonchev–Trinajstić information content (AvgIpc) is 2.59. The summed E-state index contributed by atoms with van der Waals surface area (Å²) >= 11 is 0. The molecule has 0 aliphatic heterocycles. The molecule has 0 unspecified atom stereocenters. The Balaban J connectivity index is 2.20. The zero-order valence-electron chi connectivity index (χ0n) is 8.79. The monoisotopic (exact) mass is 202 g/mol. The first-order chi connectivity index (χ1) is 7.18. The minimum Gasteiger partial charge on any atom is -0.481 e. The van der Waals surface area contributed by atoms with Crippen LogP contribution in [0.5, 0.6) is 0 Å². The first-order valence-corrected chi connectivity index (χ1v) is 5.18. The largest absolute Gasteiger partial charge is 0.481 e. The smallest absolute Gasteiger partial charge is 0.303 e. The van der Waals surface area contributed by atoms with E-state index in [0.29, 0.717) is 6.42 Å². The molecular weight excluding hydrogens is 188 g/mol. The minimum absolute atomic E-state index is 0.221. The fourth-order valence-corrected chi connectivity index (χ4v) is 2.09. The van der Waals surface area contributed by atoms with Crippen molar-refractivity contribution < 1.29 is 9.90 Å². The van der Waals surface area contributed by atoms with Gasteiger partial charge in [-0.3, -0.25) is 4.79 Å². The standard InChI is InChI=1S/C13H14O2/c1-9-3-2-4-12-10(5-7-11(9)12)6-8-13(14)15/h2-5H,6-8H2,1H3,(H,14,15). The van der Waals surface area contributed by atoms with Crippen LogP contribution in [0.1, 0.15) is 29.5 Å². The van der Waals surface area contributed by atoms with Crippen molar-refractivity contribution in [1.29, 1.82) is 0 Å². The van der Waals surface area contributed by atoms with Crippen LogP contribution in [0.15, 0.2) is 24.3 Å². The zero-order chi connectivity index (χ0) is 10.8. The van der Waals surface area contributed by atoms with Crippen molar-refractivity contribution in [1.82, 2.24) is 0 Å². The summed E-state index contributed by atoms with van der Waals surface area (Å²) in [5, 5.41) is 8.65. The lowest BCUT2D eigenvalue weighted by molar-refractivity contribution is -0.136. The summed E-state index contributed by atoms with van der Waals surface area (Å²) in [6.45, 7) is 2.10. The van der Waals surface area contributed by atoms with Gasteiger partial charge in [-0.05, 0) is 42.0 Å². The molecule has 2 rings (SSSR count). The number of aryl methyl sites for hydroxylation is 1. The molecule has 1 N–H and O–H groups in total. The summed E-state index contributed by atoms with van der Waals surface area (Å²) in [5.74, 6) is -0.725. The molecule has 0 saturated carbocycles. The molecule has 0 bridgehead atoms. The number of allylic oxidation sites excluding steroid dienone is 2. The van der Waals surface area contributed by atoms with Gasteiger partial charge in [0.25, 0.3) is 0 Å². The van der Waals surface area contributed by atoms with Crippen LogP contribution in [-0.4, -0.2) is 11.1 Å². The van der Waals surface area contributed by atoms with Crippen molar-refractivity contribution in [2.75, 3.05) is 0 Å². The normalized spacial score (nSPS) is 13.5. The quantitative estimate of drug-likeness (QED) is 0.818. The fraction of sp³-hybridized carbons (Fsp3) is 0.308. The number of carbonyl (C=O) groups is 1. The van der Waals surface area contributed by atoms with Crippen molar-refractivity contribution in [3.05, 3.63) is 41.0 Å². The maximum Gasteiger partial charge on any atom is 0.303 e.